The van der Waals surface area contributed by atoms with E-state index in [9.17, 15) is 14.3 Å². The van der Waals surface area contributed by atoms with Crippen molar-refractivity contribution in [2.75, 3.05) is 6.54 Å². The van der Waals surface area contributed by atoms with Gasteiger partial charge < -0.3 is 10.4 Å². The largest absolute Gasteiger partial charge is 0.388 e. The third-order valence-electron chi connectivity index (χ3n) is 3.61. The van der Waals surface area contributed by atoms with E-state index in [2.05, 4.69) is 10.3 Å². The highest BCUT2D eigenvalue weighted by molar-refractivity contribution is 7.18. The van der Waals surface area contributed by atoms with Gasteiger partial charge >= 0.3 is 0 Å². The number of aliphatic hydroxyl groups excluding tert-OH is 1. The van der Waals surface area contributed by atoms with Gasteiger partial charge in [0.25, 0.3) is 0 Å². The molecule has 3 rings (SSSR count). The molecule has 1 aromatic heterocycles. The molecule has 0 spiro atoms. The van der Waals surface area contributed by atoms with E-state index in [4.69, 9.17) is 0 Å². The Morgan fingerprint density at radius 1 is 1.25 bits per heavy atom. The van der Waals surface area contributed by atoms with Gasteiger partial charge in [-0.05, 0) is 29.8 Å². The fraction of sp³-hybridized carbons (Fsp3) is 0.222. The molecule has 6 heteroatoms. The third-order valence-corrected chi connectivity index (χ3v) is 4.71. The molecule has 0 aliphatic heterocycles. The first-order valence-corrected chi connectivity index (χ1v) is 8.48. The number of nitrogens with one attached hydrogen (secondary N) is 1. The number of para-hydroxylation sites is 1. The lowest BCUT2D eigenvalue weighted by Crippen LogP contribution is -2.27. The number of thiazole rings is 1. The monoisotopic (exact) mass is 344 g/mol. The standard InChI is InChI=1S/C18H17FN2O2S/c19-13-5-3-4-12(10-13)15(22)11-17(23)20-9-8-18-21-14-6-1-2-7-16(14)24-18/h1-7,10,15,22H,8-9,11H2,(H,20,23). The number of fused-ring (bicyclic) bond motifs is 1. The summed E-state index contributed by atoms with van der Waals surface area (Å²) in [6, 6.07) is 13.5. The fourth-order valence-corrected chi connectivity index (χ4v) is 3.38. The molecule has 0 saturated carbocycles. The normalized spacial score (nSPS) is 12.2. The Morgan fingerprint density at radius 3 is 2.88 bits per heavy atom. The lowest BCUT2D eigenvalue weighted by Gasteiger charge is -2.11. The zero-order chi connectivity index (χ0) is 16.9. The van der Waals surface area contributed by atoms with E-state index in [-0.39, 0.29) is 12.3 Å². The van der Waals surface area contributed by atoms with Crippen LogP contribution in [0.3, 0.4) is 0 Å². The van der Waals surface area contributed by atoms with Gasteiger partial charge in [0.15, 0.2) is 0 Å². The minimum Gasteiger partial charge on any atom is -0.388 e. The molecule has 1 atom stereocenters. The van der Waals surface area contributed by atoms with E-state index >= 15 is 0 Å². The lowest BCUT2D eigenvalue weighted by molar-refractivity contribution is -0.123. The number of halogens is 1. The minimum absolute atomic E-state index is 0.0940. The average molecular weight is 344 g/mol. The summed E-state index contributed by atoms with van der Waals surface area (Å²) < 4.78 is 14.3. The van der Waals surface area contributed by atoms with Crippen LogP contribution in [-0.4, -0.2) is 22.5 Å². The van der Waals surface area contributed by atoms with Gasteiger partial charge in [-0.3, -0.25) is 4.79 Å². The van der Waals surface area contributed by atoms with Crippen molar-refractivity contribution in [3.8, 4) is 0 Å². The molecule has 0 fully saturated rings. The fourth-order valence-electron chi connectivity index (χ4n) is 2.42. The van der Waals surface area contributed by atoms with Crippen molar-refractivity contribution in [2.24, 2.45) is 0 Å². The molecule has 1 amide bonds. The van der Waals surface area contributed by atoms with Gasteiger partial charge in [0, 0.05) is 13.0 Å². The first-order chi connectivity index (χ1) is 11.6. The highest BCUT2D eigenvalue weighted by Crippen LogP contribution is 2.21. The summed E-state index contributed by atoms with van der Waals surface area (Å²) in [4.78, 5) is 16.4. The quantitative estimate of drug-likeness (QED) is 0.722. The Bertz CT molecular complexity index is 817. The van der Waals surface area contributed by atoms with E-state index in [1.807, 2.05) is 24.3 Å². The molecule has 124 valence electrons. The summed E-state index contributed by atoms with van der Waals surface area (Å²) in [5.41, 5.74) is 1.36. The summed E-state index contributed by atoms with van der Waals surface area (Å²) >= 11 is 1.61. The molecule has 0 saturated heterocycles. The van der Waals surface area contributed by atoms with Crippen LogP contribution in [0.1, 0.15) is 23.1 Å². The van der Waals surface area contributed by atoms with Crippen molar-refractivity contribution in [3.63, 3.8) is 0 Å². The Morgan fingerprint density at radius 2 is 2.08 bits per heavy atom. The molecule has 1 unspecified atom stereocenters. The molecular formula is C18H17FN2O2S. The summed E-state index contributed by atoms with van der Waals surface area (Å²) in [6.45, 7) is 0.453. The van der Waals surface area contributed by atoms with E-state index in [1.165, 1.54) is 18.2 Å². The average Bonchev–Trinajstić information content (AvgIpc) is 2.97. The number of benzene rings is 2. The molecule has 3 aromatic rings. The van der Waals surface area contributed by atoms with Crippen LogP contribution in [0.4, 0.5) is 4.39 Å². The van der Waals surface area contributed by atoms with Gasteiger partial charge in [0.2, 0.25) is 5.91 Å². The van der Waals surface area contributed by atoms with Gasteiger partial charge in [0.05, 0.1) is 27.7 Å². The summed E-state index contributed by atoms with van der Waals surface area (Å²) in [6.07, 6.45) is -0.465. The predicted octanol–water partition coefficient (Wildman–Crippen LogP) is 3.22. The maximum atomic E-state index is 13.1. The molecule has 2 aromatic carbocycles. The van der Waals surface area contributed by atoms with Crippen molar-refractivity contribution in [2.45, 2.75) is 18.9 Å². The van der Waals surface area contributed by atoms with Gasteiger partial charge in [-0.15, -0.1) is 11.3 Å². The number of hydrogen-bond acceptors (Lipinski definition) is 4. The smallest absolute Gasteiger partial charge is 0.222 e. The molecule has 4 nitrogen and oxygen atoms in total. The molecule has 0 bridgehead atoms. The van der Waals surface area contributed by atoms with E-state index in [0.717, 1.165) is 15.2 Å². The first kappa shape index (κ1) is 16.5. The van der Waals surface area contributed by atoms with Crippen molar-refractivity contribution < 1.29 is 14.3 Å². The van der Waals surface area contributed by atoms with Crippen LogP contribution in [0, 0.1) is 5.82 Å². The van der Waals surface area contributed by atoms with E-state index < -0.39 is 11.9 Å². The topological polar surface area (TPSA) is 62.2 Å². The van der Waals surface area contributed by atoms with E-state index in [0.29, 0.717) is 18.5 Å². The Hall–Kier alpha value is -2.31. The van der Waals surface area contributed by atoms with Crippen LogP contribution >= 0.6 is 11.3 Å². The van der Waals surface area contributed by atoms with Crippen molar-refractivity contribution in [1.82, 2.24) is 10.3 Å². The van der Waals surface area contributed by atoms with Crippen LogP contribution in [0.15, 0.2) is 48.5 Å². The highest BCUT2D eigenvalue weighted by atomic mass is 32.1. The van der Waals surface area contributed by atoms with Crippen LogP contribution in [-0.2, 0) is 11.2 Å². The van der Waals surface area contributed by atoms with E-state index in [1.54, 1.807) is 17.4 Å². The number of hydrogen-bond donors (Lipinski definition) is 2. The summed E-state index contributed by atoms with van der Waals surface area (Å²) in [5.74, 6) is -0.698. The maximum absolute atomic E-state index is 13.1. The zero-order valence-electron chi connectivity index (χ0n) is 12.9. The number of rotatable bonds is 6. The van der Waals surface area contributed by atoms with Crippen LogP contribution < -0.4 is 5.32 Å². The van der Waals surface area contributed by atoms with Crippen LogP contribution in [0.5, 0.6) is 0 Å². The van der Waals surface area contributed by atoms with Gasteiger partial charge in [-0.2, -0.15) is 0 Å². The number of amides is 1. The number of carbonyl (C=O) groups excluding carboxylic acids is 1. The molecular weight excluding hydrogens is 327 g/mol. The van der Waals surface area contributed by atoms with Gasteiger partial charge in [-0.25, -0.2) is 9.37 Å². The molecule has 24 heavy (non-hydrogen) atoms. The number of aliphatic hydroxyl groups is 1. The minimum atomic E-state index is -1.01. The second-order valence-electron chi connectivity index (χ2n) is 5.45. The third kappa shape index (κ3) is 4.15. The predicted molar refractivity (Wildman–Crippen MR) is 92.3 cm³/mol. The Balaban J connectivity index is 1.48. The van der Waals surface area contributed by atoms with Gasteiger partial charge in [-0.1, -0.05) is 24.3 Å². The van der Waals surface area contributed by atoms with Gasteiger partial charge in [0.1, 0.15) is 5.82 Å². The molecule has 1 heterocycles. The highest BCUT2D eigenvalue weighted by Gasteiger charge is 2.13. The van der Waals surface area contributed by atoms with Crippen molar-refractivity contribution in [3.05, 3.63) is 64.9 Å². The number of aromatic nitrogens is 1. The Labute approximate surface area is 143 Å². The molecule has 0 aliphatic carbocycles. The first-order valence-electron chi connectivity index (χ1n) is 7.66. The Kier molecular flexibility index (Phi) is 5.17. The van der Waals surface area contributed by atoms with Crippen molar-refractivity contribution >= 4 is 27.5 Å². The molecule has 0 radical (unpaired) electrons. The SMILES string of the molecule is O=C(CC(O)c1cccc(F)c1)NCCc1nc2ccccc2s1. The lowest BCUT2D eigenvalue weighted by atomic mass is 10.1. The van der Waals surface area contributed by atoms with Crippen LogP contribution in [0.2, 0.25) is 0 Å². The maximum Gasteiger partial charge on any atom is 0.222 e. The second-order valence-corrected chi connectivity index (χ2v) is 6.57. The number of nitrogens with zero attached hydrogens (tertiary/aromatic N) is 1. The van der Waals surface area contributed by atoms with Crippen molar-refractivity contribution in [1.29, 1.82) is 0 Å². The zero-order valence-corrected chi connectivity index (χ0v) is 13.7. The molecule has 2 N–H and O–H groups in total. The summed E-state index contributed by atoms with van der Waals surface area (Å²) in [5, 5.41) is 13.7. The molecule has 0 aliphatic rings. The van der Waals surface area contributed by atoms with Crippen LogP contribution in [0.25, 0.3) is 10.2 Å². The second kappa shape index (κ2) is 7.51. The number of carbonyl (C=O) groups is 1. The summed E-state index contributed by atoms with van der Waals surface area (Å²) in [7, 11) is 0.